The molecule has 7 nitrogen and oxygen atoms in total. The molecule has 1 aromatic heterocycles. The first-order valence-corrected chi connectivity index (χ1v) is 5.75. The van der Waals surface area contributed by atoms with Gasteiger partial charge in [-0.3, -0.25) is 4.79 Å². The number of hydrogen-bond donors (Lipinski definition) is 3. The summed E-state index contributed by atoms with van der Waals surface area (Å²) in [5.74, 6) is -0.721. The van der Waals surface area contributed by atoms with Crippen molar-refractivity contribution in [3.63, 3.8) is 0 Å². The Kier molecular flexibility index (Phi) is 5.16. The fourth-order valence-corrected chi connectivity index (χ4v) is 1.41. The summed E-state index contributed by atoms with van der Waals surface area (Å²) in [6, 6.07) is -0.391. The molecule has 0 spiro atoms. The van der Waals surface area contributed by atoms with E-state index in [9.17, 15) is 9.59 Å². The van der Waals surface area contributed by atoms with E-state index in [1.165, 1.54) is 0 Å². The molecule has 0 aromatic carbocycles. The van der Waals surface area contributed by atoms with Crippen LogP contribution in [0.4, 0.5) is 4.79 Å². The maximum absolute atomic E-state index is 11.4. The Labute approximate surface area is 105 Å². The molecular formula is C11H18N4O3. The molecule has 1 heterocycles. The first kappa shape index (κ1) is 14.0. The minimum Gasteiger partial charge on any atom is -0.481 e. The smallest absolute Gasteiger partial charge is 0.315 e. The number of carboxylic acid groups (broad SMARTS) is 1. The average molecular weight is 254 g/mol. The summed E-state index contributed by atoms with van der Waals surface area (Å²) in [7, 11) is 1.83. The molecule has 7 heteroatoms. The predicted molar refractivity (Wildman–Crippen MR) is 64.9 cm³/mol. The van der Waals surface area contributed by atoms with Crippen LogP contribution >= 0.6 is 0 Å². The van der Waals surface area contributed by atoms with E-state index in [4.69, 9.17) is 5.11 Å². The van der Waals surface area contributed by atoms with Gasteiger partial charge in [0.1, 0.15) is 5.82 Å². The fraction of sp³-hybridized carbons (Fsp3) is 0.545. The van der Waals surface area contributed by atoms with Gasteiger partial charge in [0.15, 0.2) is 0 Å². The Bertz CT molecular complexity index is 416. The largest absolute Gasteiger partial charge is 0.481 e. The summed E-state index contributed by atoms with van der Waals surface area (Å²) in [6.45, 7) is 2.20. The Morgan fingerprint density at radius 1 is 1.50 bits per heavy atom. The van der Waals surface area contributed by atoms with Gasteiger partial charge in [0.05, 0.1) is 12.5 Å². The number of aryl methyl sites for hydroxylation is 1. The van der Waals surface area contributed by atoms with Crippen LogP contribution < -0.4 is 10.6 Å². The van der Waals surface area contributed by atoms with Gasteiger partial charge in [0.2, 0.25) is 0 Å². The molecule has 0 saturated heterocycles. The van der Waals surface area contributed by atoms with Crippen LogP contribution in [0.3, 0.4) is 0 Å². The normalized spacial score (nSPS) is 11.9. The average Bonchev–Trinajstić information content (AvgIpc) is 2.72. The quantitative estimate of drug-likeness (QED) is 0.681. The van der Waals surface area contributed by atoms with Crippen LogP contribution in [0.15, 0.2) is 12.4 Å². The number of rotatable bonds is 6. The molecule has 18 heavy (non-hydrogen) atoms. The van der Waals surface area contributed by atoms with E-state index < -0.39 is 17.9 Å². The second-order valence-electron chi connectivity index (χ2n) is 3.96. The van der Waals surface area contributed by atoms with Crippen molar-refractivity contribution in [1.29, 1.82) is 0 Å². The van der Waals surface area contributed by atoms with Crippen molar-refractivity contribution in [1.82, 2.24) is 20.2 Å². The van der Waals surface area contributed by atoms with E-state index in [0.717, 1.165) is 5.82 Å². The van der Waals surface area contributed by atoms with Crippen LogP contribution in [0.5, 0.6) is 0 Å². The number of imidazole rings is 1. The highest BCUT2D eigenvalue weighted by Crippen LogP contribution is 2.00. The van der Waals surface area contributed by atoms with Gasteiger partial charge in [0, 0.05) is 26.0 Å². The zero-order chi connectivity index (χ0) is 13.5. The molecule has 1 atom stereocenters. The highest BCUT2D eigenvalue weighted by molar-refractivity contribution is 5.75. The van der Waals surface area contributed by atoms with Crippen molar-refractivity contribution in [2.45, 2.75) is 19.9 Å². The summed E-state index contributed by atoms with van der Waals surface area (Å²) in [5.41, 5.74) is 0. The number of urea groups is 1. The lowest BCUT2D eigenvalue weighted by Gasteiger charge is -2.11. The van der Waals surface area contributed by atoms with Crippen LogP contribution in [0.1, 0.15) is 19.2 Å². The van der Waals surface area contributed by atoms with Crippen molar-refractivity contribution >= 4 is 12.0 Å². The zero-order valence-electron chi connectivity index (χ0n) is 10.5. The summed E-state index contributed by atoms with van der Waals surface area (Å²) in [5, 5.41) is 14.0. The summed E-state index contributed by atoms with van der Waals surface area (Å²) >= 11 is 0. The van der Waals surface area contributed by atoms with Gasteiger partial charge >= 0.3 is 12.0 Å². The fourth-order valence-electron chi connectivity index (χ4n) is 1.41. The van der Waals surface area contributed by atoms with Crippen LogP contribution in [0.2, 0.25) is 0 Å². The Morgan fingerprint density at radius 2 is 2.22 bits per heavy atom. The first-order valence-electron chi connectivity index (χ1n) is 5.75. The molecular weight excluding hydrogens is 236 g/mol. The van der Waals surface area contributed by atoms with Gasteiger partial charge in [0.25, 0.3) is 0 Å². The Morgan fingerprint density at radius 3 is 2.72 bits per heavy atom. The second-order valence-corrected chi connectivity index (χ2v) is 3.96. The van der Waals surface area contributed by atoms with Crippen molar-refractivity contribution < 1.29 is 14.7 Å². The summed E-state index contributed by atoms with van der Waals surface area (Å²) < 4.78 is 1.80. The predicted octanol–water partition coefficient (Wildman–Crippen LogP) is 0.330. The molecule has 2 amide bonds. The number of carbonyl (C=O) groups is 2. The van der Waals surface area contributed by atoms with Crippen LogP contribution in [0.25, 0.3) is 0 Å². The monoisotopic (exact) mass is 254 g/mol. The maximum Gasteiger partial charge on any atom is 0.315 e. The van der Waals surface area contributed by atoms with E-state index >= 15 is 0 Å². The number of aliphatic carboxylic acids is 1. The summed E-state index contributed by atoms with van der Waals surface area (Å²) in [4.78, 5) is 26.2. The molecule has 100 valence electrons. The molecule has 1 unspecified atom stereocenters. The van der Waals surface area contributed by atoms with Gasteiger partial charge in [-0.1, -0.05) is 6.92 Å². The number of nitrogens with zero attached hydrogens (tertiary/aromatic N) is 2. The molecule has 0 fully saturated rings. The molecule has 0 radical (unpaired) electrons. The lowest BCUT2D eigenvalue weighted by Crippen LogP contribution is -2.39. The van der Waals surface area contributed by atoms with Crippen molar-refractivity contribution in [3.05, 3.63) is 18.2 Å². The van der Waals surface area contributed by atoms with E-state index in [2.05, 4.69) is 15.6 Å². The van der Waals surface area contributed by atoms with E-state index in [1.807, 2.05) is 7.05 Å². The number of aromatic nitrogens is 2. The Hall–Kier alpha value is -2.05. The van der Waals surface area contributed by atoms with Gasteiger partial charge < -0.3 is 20.3 Å². The zero-order valence-corrected chi connectivity index (χ0v) is 10.5. The van der Waals surface area contributed by atoms with E-state index in [-0.39, 0.29) is 6.54 Å². The minimum atomic E-state index is -0.901. The topological polar surface area (TPSA) is 96.3 Å². The molecule has 0 aliphatic rings. The van der Waals surface area contributed by atoms with Crippen molar-refractivity contribution in [2.75, 3.05) is 6.54 Å². The SMILES string of the molecule is CCC(CNC(=O)NCc1nccn1C)C(=O)O. The van der Waals surface area contributed by atoms with Crippen LogP contribution in [-0.4, -0.2) is 33.2 Å². The number of amides is 2. The molecule has 3 N–H and O–H groups in total. The van der Waals surface area contributed by atoms with E-state index in [0.29, 0.717) is 13.0 Å². The van der Waals surface area contributed by atoms with E-state index in [1.54, 1.807) is 23.9 Å². The third kappa shape index (κ3) is 4.08. The number of carboxylic acids is 1. The number of hydrogen-bond acceptors (Lipinski definition) is 3. The highest BCUT2D eigenvalue weighted by Gasteiger charge is 2.15. The van der Waals surface area contributed by atoms with Gasteiger partial charge in [-0.2, -0.15) is 0 Å². The number of carbonyl (C=O) groups excluding carboxylic acids is 1. The third-order valence-corrected chi connectivity index (χ3v) is 2.68. The second kappa shape index (κ2) is 6.63. The molecule has 0 saturated carbocycles. The minimum absolute atomic E-state index is 0.123. The standard InChI is InChI=1S/C11H18N4O3/c1-3-8(10(16)17)6-13-11(18)14-7-9-12-4-5-15(9)2/h4-5,8H,3,6-7H2,1-2H3,(H,16,17)(H2,13,14,18). The highest BCUT2D eigenvalue weighted by atomic mass is 16.4. The van der Waals surface area contributed by atoms with Crippen LogP contribution in [-0.2, 0) is 18.4 Å². The van der Waals surface area contributed by atoms with Crippen molar-refractivity contribution in [2.24, 2.45) is 13.0 Å². The van der Waals surface area contributed by atoms with Gasteiger partial charge in [-0.15, -0.1) is 0 Å². The van der Waals surface area contributed by atoms with Gasteiger partial charge in [-0.25, -0.2) is 9.78 Å². The molecule has 1 aromatic rings. The molecule has 0 bridgehead atoms. The van der Waals surface area contributed by atoms with Gasteiger partial charge in [-0.05, 0) is 6.42 Å². The van der Waals surface area contributed by atoms with Crippen molar-refractivity contribution in [3.8, 4) is 0 Å². The number of nitrogens with one attached hydrogen (secondary N) is 2. The molecule has 0 aliphatic carbocycles. The summed E-state index contributed by atoms with van der Waals surface area (Å²) in [6.07, 6.45) is 3.91. The molecule has 0 aliphatic heterocycles. The molecule has 1 rings (SSSR count). The maximum atomic E-state index is 11.4. The lowest BCUT2D eigenvalue weighted by molar-refractivity contribution is -0.141. The van der Waals surface area contributed by atoms with Crippen LogP contribution in [0, 0.1) is 5.92 Å². The Balaban J connectivity index is 2.30. The lowest BCUT2D eigenvalue weighted by atomic mass is 10.1. The third-order valence-electron chi connectivity index (χ3n) is 2.68. The first-order chi connectivity index (χ1) is 8.54.